The van der Waals surface area contributed by atoms with E-state index in [1.807, 2.05) is 76.2 Å². The van der Waals surface area contributed by atoms with Crippen molar-refractivity contribution in [2.24, 2.45) is 23.7 Å². The molecule has 544 valence electrons. The molecular formula is C100H88N4O6. The first-order valence-corrected chi connectivity index (χ1v) is 39.7. The molecule has 0 fully saturated rings. The number of benzene rings is 13. The highest BCUT2D eigenvalue weighted by Gasteiger charge is 2.49. The first kappa shape index (κ1) is 68.0. The van der Waals surface area contributed by atoms with Gasteiger partial charge in [-0.15, -0.1) is 0 Å². The van der Waals surface area contributed by atoms with Crippen LogP contribution in [0.25, 0.3) is 120 Å². The zero-order valence-corrected chi connectivity index (χ0v) is 64.8. The van der Waals surface area contributed by atoms with Crippen LogP contribution in [0.15, 0.2) is 170 Å². The van der Waals surface area contributed by atoms with Gasteiger partial charge in [0.1, 0.15) is 12.5 Å². The molecule has 0 bridgehead atoms. The summed E-state index contributed by atoms with van der Waals surface area (Å²) in [6.45, 7) is 29.1. The van der Waals surface area contributed by atoms with Gasteiger partial charge in [0.05, 0.1) is 11.4 Å². The van der Waals surface area contributed by atoms with Gasteiger partial charge in [0.25, 0.3) is 23.6 Å². The number of carbonyl (C=O) groups excluding carboxylic acids is 4. The summed E-state index contributed by atoms with van der Waals surface area (Å²) in [6.07, 6.45) is 9.60. The van der Waals surface area contributed by atoms with Crippen LogP contribution in [0.4, 0.5) is 22.7 Å². The van der Waals surface area contributed by atoms with Crippen molar-refractivity contribution in [1.82, 2.24) is 0 Å². The molecule has 110 heavy (non-hydrogen) atoms. The summed E-state index contributed by atoms with van der Waals surface area (Å²) >= 11 is 0. The molecule has 0 spiro atoms. The first-order valence-electron chi connectivity index (χ1n) is 39.7. The summed E-state index contributed by atoms with van der Waals surface area (Å²) in [7, 11) is 0. The second kappa shape index (κ2) is 24.1. The van der Waals surface area contributed by atoms with Crippen molar-refractivity contribution in [2.45, 2.75) is 146 Å². The highest BCUT2D eigenvalue weighted by molar-refractivity contribution is 6.44. The quantitative estimate of drug-likeness (QED) is 0.0344. The molecule has 4 unspecified atom stereocenters. The highest BCUT2D eigenvalue weighted by atomic mass is 16.3. The lowest BCUT2D eigenvalue weighted by Gasteiger charge is -2.41. The standard InChI is InChI=1S/C100H88N4O6/c1-45(2)77-41-59(101-95(105)49(9)10)42-78(46(3)4)93(77)103-97(107)73-29-25-65-61-17-21-69-81-37-55-33-51(13)53(35-57(55)39-83(81)71-23-19-63(85(61)89(69)71)67-27-31-75(99(103)109)91(73)87(65)67)15-16-54-36-58-40-84-72-24-20-64-68-28-32-76-92-74(30-26-66(88(68)92)62-18-22-70(90(72)86(62)64)82(84)38-56(58)34-52(54)14)98(108)104(100(76)110)94-79(47(5)6)43-60(44-80(94)48(7)8)102-96(106)50(11)12/h17-50,85,89,95-96,101-102,105-106H,15-16H2,1-14H3. The second-order valence-electron chi connectivity index (χ2n) is 34.4. The maximum Gasteiger partial charge on any atom is 0.266 e. The lowest BCUT2D eigenvalue weighted by molar-refractivity contribution is 0.0877. The largest absolute Gasteiger partial charge is 0.374 e. The van der Waals surface area contributed by atoms with E-state index in [1.54, 1.807) is 0 Å². The van der Waals surface area contributed by atoms with Gasteiger partial charge in [-0.05, 0) is 311 Å². The Hall–Kier alpha value is -11.3. The number of anilines is 4. The predicted octanol–water partition coefficient (Wildman–Crippen LogP) is 23.6. The number of aryl methyl sites for hydroxylation is 4. The van der Waals surface area contributed by atoms with Gasteiger partial charge in [0.2, 0.25) is 0 Å². The molecule has 2 heterocycles. The minimum absolute atomic E-state index is 0.0180. The number of nitrogens with zero attached hydrogens (tertiary/aromatic N) is 2. The minimum atomic E-state index is -0.760. The van der Waals surface area contributed by atoms with Crippen LogP contribution in [0.5, 0.6) is 0 Å². The van der Waals surface area contributed by atoms with E-state index in [0.29, 0.717) is 39.0 Å². The van der Waals surface area contributed by atoms with Gasteiger partial charge in [-0.2, -0.15) is 0 Å². The highest BCUT2D eigenvalue weighted by Crippen LogP contribution is 2.64. The Balaban J connectivity index is 0.599. The molecule has 4 N–H and O–H groups in total. The number of imide groups is 2. The van der Waals surface area contributed by atoms with Crippen LogP contribution in [0.1, 0.15) is 215 Å². The van der Waals surface area contributed by atoms with E-state index < -0.39 is 12.5 Å². The topological polar surface area (TPSA) is 139 Å². The summed E-state index contributed by atoms with van der Waals surface area (Å²) in [4.78, 5) is 64.0. The molecule has 0 aromatic heterocycles. The number of allylic oxidation sites excluding steroid dienone is 8. The van der Waals surface area contributed by atoms with Crippen LogP contribution in [-0.4, -0.2) is 46.3 Å². The number of hydrogen-bond acceptors (Lipinski definition) is 8. The van der Waals surface area contributed by atoms with Crippen molar-refractivity contribution in [1.29, 1.82) is 0 Å². The monoisotopic (exact) mass is 1440 g/mol. The molecule has 10 heteroatoms. The average molecular weight is 1440 g/mol. The number of aliphatic hydroxyl groups is 2. The van der Waals surface area contributed by atoms with Crippen molar-refractivity contribution in [3.05, 3.63) is 259 Å². The SMILES string of the molecule is Cc1cc2cc3c(cc2cc1CCc1cc2cc4c(cc2cc1C)-c1ccc2c5ccc6c7c(ccc(c8ccc-4c1c28)c75)C(=O)N(c1c(C(C)C)cc(NC(O)C(C)C)cc1C(C)C)C6=O)C1=CC=C2c4ccc5c6c(ccc(c46)C4=CC=C3C1C42)C(=O)N(c1c(C(C)C)cc(NC(O)C(C)C)cc1C(C)C)C5=O. The number of aliphatic hydroxyl groups excluding tert-OH is 2. The molecule has 20 rings (SSSR count). The number of hydrogen-bond donors (Lipinski definition) is 4. The summed E-state index contributed by atoms with van der Waals surface area (Å²) in [5, 5.41) is 43.4. The van der Waals surface area contributed by atoms with Crippen molar-refractivity contribution >= 4 is 144 Å². The van der Waals surface area contributed by atoms with Crippen LogP contribution in [0.2, 0.25) is 0 Å². The van der Waals surface area contributed by atoms with E-state index in [2.05, 4.69) is 201 Å². The van der Waals surface area contributed by atoms with E-state index in [9.17, 15) is 10.2 Å². The van der Waals surface area contributed by atoms with E-state index in [-0.39, 0.29) is 71.0 Å². The van der Waals surface area contributed by atoms with Crippen molar-refractivity contribution < 1.29 is 29.4 Å². The minimum Gasteiger partial charge on any atom is -0.374 e. The fourth-order valence-corrected chi connectivity index (χ4v) is 20.2. The average Bonchev–Trinajstić information content (AvgIpc) is 1.22. The number of nitrogens with one attached hydrogen (secondary N) is 2. The number of amides is 4. The van der Waals surface area contributed by atoms with E-state index in [0.717, 1.165) is 95.3 Å². The number of fused-ring (bicyclic) bond motifs is 12. The fourth-order valence-electron chi connectivity index (χ4n) is 20.2. The molecule has 10 nitrogen and oxygen atoms in total. The third kappa shape index (κ3) is 9.48. The van der Waals surface area contributed by atoms with Gasteiger partial charge in [0.15, 0.2) is 0 Å². The van der Waals surface area contributed by atoms with Gasteiger partial charge < -0.3 is 20.8 Å². The Morgan fingerprint density at radius 3 is 0.927 bits per heavy atom. The lowest BCUT2D eigenvalue weighted by atomic mass is 9.62. The second-order valence-corrected chi connectivity index (χ2v) is 34.4. The maximum atomic E-state index is 15.3. The smallest absolute Gasteiger partial charge is 0.266 e. The van der Waals surface area contributed by atoms with E-state index in [1.165, 1.54) is 120 Å². The molecule has 5 aliphatic carbocycles. The van der Waals surface area contributed by atoms with Gasteiger partial charge in [-0.1, -0.05) is 180 Å². The zero-order valence-electron chi connectivity index (χ0n) is 64.8. The van der Waals surface area contributed by atoms with Crippen LogP contribution in [-0.2, 0) is 12.8 Å². The Labute approximate surface area is 640 Å². The summed E-state index contributed by atoms with van der Waals surface area (Å²) in [5.74, 6) is -1.23. The summed E-state index contributed by atoms with van der Waals surface area (Å²) in [6, 6.07) is 52.8. The Morgan fingerprint density at radius 2 is 0.591 bits per heavy atom. The Kier molecular flexibility index (Phi) is 14.9. The molecule has 0 radical (unpaired) electrons. The Bertz CT molecular complexity index is 6450. The van der Waals surface area contributed by atoms with E-state index in [4.69, 9.17) is 0 Å². The number of carbonyl (C=O) groups is 4. The Morgan fingerprint density at radius 1 is 0.318 bits per heavy atom. The summed E-state index contributed by atoms with van der Waals surface area (Å²) < 4.78 is 0. The lowest BCUT2D eigenvalue weighted by Crippen LogP contribution is -2.42. The van der Waals surface area contributed by atoms with Gasteiger partial charge in [0, 0.05) is 56.2 Å². The zero-order chi connectivity index (χ0) is 76.1. The predicted molar refractivity (Wildman–Crippen MR) is 454 cm³/mol. The first-order chi connectivity index (χ1) is 52.8. The molecule has 0 saturated carbocycles. The van der Waals surface area contributed by atoms with Crippen molar-refractivity contribution in [2.75, 3.05) is 20.4 Å². The van der Waals surface area contributed by atoms with Gasteiger partial charge >= 0.3 is 0 Å². The molecule has 13 aromatic carbocycles. The normalized spacial score (nSPS) is 17.1. The molecule has 4 amide bonds. The van der Waals surface area contributed by atoms with Crippen LogP contribution >= 0.6 is 0 Å². The molecule has 4 atom stereocenters. The van der Waals surface area contributed by atoms with Crippen molar-refractivity contribution in [3.63, 3.8) is 0 Å². The van der Waals surface area contributed by atoms with Gasteiger partial charge in [-0.3, -0.25) is 19.2 Å². The van der Waals surface area contributed by atoms with Crippen LogP contribution in [0, 0.1) is 37.5 Å². The van der Waals surface area contributed by atoms with Crippen LogP contribution < -0.4 is 20.4 Å². The van der Waals surface area contributed by atoms with Crippen LogP contribution in [0.3, 0.4) is 0 Å². The fraction of sp³-hybridized carbons (Fsp3) is 0.260. The summed E-state index contributed by atoms with van der Waals surface area (Å²) in [5.41, 5.74) is 28.4. The maximum absolute atomic E-state index is 15.3. The molecule has 0 saturated heterocycles. The number of rotatable bonds is 15. The molecule has 13 aromatic rings. The van der Waals surface area contributed by atoms with E-state index >= 15 is 19.2 Å². The molecular weight excluding hydrogens is 1350 g/mol. The van der Waals surface area contributed by atoms with Gasteiger partial charge in [-0.25, -0.2) is 9.80 Å². The molecule has 2 aliphatic heterocycles. The molecule has 7 aliphatic rings. The van der Waals surface area contributed by atoms with Crippen molar-refractivity contribution in [3.8, 4) is 22.3 Å². The third-order valence-electron chi connectivity index (χ3n) is 25.9. The third-order valence-corrected chi connectivity index (χ3v) is 25.9.